The van der Waals surface area contributed by atoms with E-state index in [0.29, 0.717) is 28.7 Å². The van der Waals surface area contributed by atoms with E-state index in [0.717, 1.165) is 5.69 Å². The Morgan fingerprint density at radius 2 is 2.32 bits per heavy atom. The van der Waals surface area contributed by atoms with Gasteiger partial charge in [-0.25, -0.2) is 13.1 Å². The van der Waals surface area contributed by atoms with Crippen LogP contribution in [0.15, 0.2) is 27.9 Å². The van der Waals surface area contributed by atoms with Crippen molar-refractivity contribution >= 4 is 33.0 Å². The first-order chi connectivity index (χ1) is 8.99. The molecule has 0 saturated carbocycles. The second-order valence-corrected chi connectivity index (χ2v) is 7.36. The second kappa shape index (κ2) is 6.04. The number of hydrogen-bond donors (Lipinski definition) is 1. The quantitative estimate of drug-likeness (QED) is 0.831. The molecule has 19 heavy (non-hydrogen) atoms. The maximum atomic E-state index is 11.8. The standard InChI is InChI=1S/C11H14ClN3O2S2/c1-9-10(12)8-15(14-9)6-3-5-13-19(16,17)11-4-2-7-18-11/h2,4,7-8,13H,3,5-6H2,1H3. The third-order valence-electron chi connectivity index (χ3n) is 2.50. The van der Waals surface area contributed by atoms with Crippen molar-refractivity contribution in [3.8, 4) is 0 Å². The number of nitrogens with zero attached hydrogens (tertiary/aromatic N) is 2. The molecule has 2 rings (SSSR count). The molecule has 104 valence electrons. The lowest BCUT2D eigenvalue weighted by molar-refractivity contribution is 0.552. The molecule has 0 aliphatic rings. The van der Waals surface area contributed by atoms with Crippen LogP contribution in [0.1, 0.15) is 12.1 Å². The molecule has 0 spiro atoms. The summed E-state index contributed by atoms with van der Waals surface area (Å²) in [6.45, 7) is 2.83. The zero-order valence-electron chi connectivity index (χ0n) is 10.3. The first kappa shape index (κ1) is 14.5. The zero-order valence-corrected chi connectivity index (χ0v) is 12.7. The Hall–Kier alpha value is -0.890. The lowest BCUT2D eigenvalue weighted by Gasteiger charge is -2.04. The van der Waals surface area contributed by atoms with Gasteiger partial charge >= 0.3 is 0 Å². The highest BCUT2D eigenvalue weighted by Gasteiger charge is 2.13. The molecule has 0 atom stereocenters. The highest BCUT2D eigenvalue weighted by atomic mass is 35.5. The Morgan fingerprint density at radius 1 is 1.53 bits per heavy atom. The van der Waals surface area contributed by atoms with Crippen molar-refractivity contribution in [1.29, 1.82) is 0 Å². The van der Waals surface area contributed by atoms with Crippen molar-refractivity contribution < 1.29 is 8.42 Å². The molecule has 0 unspecified atom stereocenters. The molecular formula is C11H14ClN3O2S2. The molecule has 0 aliphatic carbocycles. The van der Waals surface area contributed by atoms with Gasteiger partial charge in [-0.15, -0.1) is 11.3 Å². The summed E-state index contributed by atoms with van der Waals surface area (Å²) in [6.07, 6.45) is 2.40. The summed E-state index contributed by atoms with van der Waals surface area (Å²) in [6, 6.07) is 3.30. The van der Waals surface area contributed by atoms with Crippen LogP contribution in [-0.2, 0) is 16.6 Å². The first-order valence-electron chi connectivity index (χ1n) is 5.72. The Labute approximate surface area is 121 Å². The SMILES string of the molecule is Cc1nn(CCCNS(=O)(=O)c2cccs2)cc1Cl. The van der Waals surface area contributed by atoms with Crippen LogP contribution in [0.4, 0.5) is 0 Å². The van der Waals surface area contributed by atoms with Gasteiger partial charge in [-0.05, 0) is 24.8 Å². The fraction of sp³-hybridized carbons (Fsp3) is 0.364. The zero-order chi connectivity index (χ0) is 13.9. The third-order valence-corrected chi connectivity index (χ3v) is 5.73. The van der Waals surface area contributed by atoms with Gasteiger partial charge in [0.05, 0.1) is 10.7 Å². The van der Waals surface area contributed by atoms with E-state index < -0.39 is 10.0 Å². The van der Waals surface area contributed by atoms with Crippen molar-refractivity contribution in [2.45, 2.75) is 24.1 Å². The molecule has 2 aromatic rings. The Morgan fingerprint density at radius 3 is 2.89 bits per heavy atom. The normalized spacial score (nSPS) is 11.9. The molecule has 0 fully saturated rings. The van der Waals surface area contributed by atoms with Gasteiger partial charge in [0.25, 0.3) is 0 Å². The van der Waals surface area contributed by atoms with Gasteiger partial charge in [0.15, 0.2) is 0 Å². The smallest absolute Gasteiger partial charge is 0.250 e. The predicted octanol–water partition coefficient (Wildman–Crippen LogP) is 2.28. The minimum absolute atomic E-state index is 0.338. The summed E-state index contributed by atoms with van der Waals surface area (Å²) in [7, 11) is -3.36. The Kier molecular flexibility index (Phi) is 4.62. The number of halogens is 1. The minimum atomic E-state index is -3.36. The average molecular weight is 320 g/mol. The van der Waals surface area contributed by atoms with E-state index in [1.54, 1.807) is 28.4 Å². The molecule has 0 aromatic carbocycles. The summed E-state index contributed by atoms with van der Waals surface area (Å²) < 4.78 is 28.3. The van der Waals surface area contributed by atoms with Gasteiger partial charge in [-0.1, -0.05) is 17.7 Å². The van der Waals surface area contributed by atoms with Crippen molar-refractivity contribution in [2.24, 2.45) is 0 Å². The maximum absolute atomic E-state index is 11.8. The van der Waals surface area contributed by atoms with Crippen LogP contribution in [0.3, 0.4) is 0 Å². The molecule has 0 bridgehead atoms. The number of hydrogen-bond acceptors (Lipinski definition) is 4. The summed E-state index contributed by atoms with van der Waals surface area (Å²) >= 11 is 7.09. The van der Waals surface area contributed by atoms with Gasteiger partial charge in [-0.2, -0.15) is 5.10 Å². The van der Waals surface area contributed by atoms with E-state index in [-0.39, 0.29) is 0 Å². The fourth-order valence-corrected chi connectivity index (χ4v) is 3.81. The number of aromatic nitrogens is 2. The molecule has 0 amide bonds. The van der Waals surface area contributed by atoms with Gasteiger partial charge in [0.1, 0.15) is 4.21 Å². The molecule has 0 saturated heterocycles. The van der Waals surface area contributed by atoms with Gasteiger partial charge in [0, 0.05) is 19.3 Å². The summed E-state index contributed by atoms with van der Waals surface area (Å²) in [5.41, 5.74) is 0.779. The molecule has 1 N–H and O–H groups in total. The molecule has 2 heterocycles. The molecule has 2 aromatic heterocycles. The van der Waals surface area contributed by atoms with E-state index in [4.69, 9.17) is 11.6 Å². The summed E-state index contributed by atoms with van der Waals surface area (Å²) in [5.74, 6) is 0. The number of sulfonamides is 1. The Bertz CT molecular complexity index is 615. The molecule has 5 nitrogen and oxygen atoms in total. The first-order valence-corrected chi connectivity index (χ1v) is 8.46. The van der Waals surface area contributed by atoms with Crippen LogP contribution < -0.4 is 4.72 Å². The Balaban J connectivity index is 1.81. The average Bonchev–Trinajstić information content (AvgIpc) is 2.97. The van der Waals surface area contributed by atoms with Crippen LogP contribution >= 0.6 is 22.9 Å². The molecule has 8 heteroatoms. The summed E-state index contributed by atoms with van der Waals surface area (Å²) in [5, 5.41) is 6.57. The predicted molar refractivity (Wildman–Crippen MR) is 76.1 cm³/mol. The third kappa shape index (κ3) is 3.79. The van der Waals surface area contributed by atoms with Crippen LogP contribution in [-0.4, -0.2) is 24.7 Å². The number of aryl methyl sites for hydroxylation is 2. The van der Waals surface area contributed by atoms with Gasteiger partial charge in [-0.3, -0.25) is 4.68 Å². The molecule has 0 aliphatic heterocycles. The number of nitrogens with one attached hydrogen (secondary N) is 1. The van der Waals surface area contributed by atoms with Crippen molar-refractivity contribution in [3.05, 3.63) is 34.4 Å². The van der Waals surface area contributed by atoms with E-state index >= 15 is 0 Å². The van der Waals surface area contributed by atoms with E-state index in [9.17, 15) is 8.42 Å². The highest BCUT2D eigenvalue weighted by Crippen LogP contribution is 2.15. The lowest BCUT2D eigenvalue weighted by atomic mass is 10.4. The van der Waals surface area contributed by atoms with E-state index in [1.165, 1.54) is 11.3 Å². The highest BCUT2D eigenvalue weighted by molar-refractivity contribution is 7.91. The topological polar surface area (TPSA) is 64.0 Å². The molecule has 0 radical (unpaired) electrons. The monoisotopic (exact) mass is 319 g/mol. The number of rotatable bonds is 6. The van der Waals surface area contributed by atoms with Gasteiger partial charge < -0.3 is 0 Å². The number of thiophene rings is 1. The fourth-order valence-electron chi connectivity index (χ4n) is 1.54. The lowest BCUT2D eigenvalue weighted by Crippen LogP contribution is -2.24. The maximum Gasteiger partial charge on any atom is 0.250 e. The van der Waals surface area contributed by atoms with E-state index in [2.05, 4.69) is 9.82 Å². The van der Waals surface area contributed by atoms with Gasteiger partial charge in [0.2, 0.25) is 10.0 Å². The second-order valence-electron chi connectivity index (χ2n) is 4.01. The summed E-state index contributed by atoms with van der Waals surface area (Å²) in [4.78, 5) is 0. The van der Waals surface area contributed by atoms with Crippen LogP contribution in [0.2, 0.25) is 5.02 Å². The van der Waals surface area contributed by atoms with Crippen molar-refractivity contribution in [1.82, 2.24) is 14.5 Å². The van der Waals surface area contributed by atoms with Crippen molar-refractivity contribution in [3.63, 3.8) is 0 Å². The molecular weight excluding hydrogens is 306 g/mol. The van der Waals surface area contributed by atoms with Crippen LogP contribution in [0.5, 0.6) is 0 Å². The van der Waals surface area contributed by atoms with Crippen molar-refractivity contribution in [2.75, 3.05) is 6.54 Å². The van der Waals surface area contributed by atoms with Crippen LogP contribution in [0.25, 0.3) is 0 Å². The van der Waals surface area contributed by atoms with E-state index in [1.807, 2.05) is 6.92 Å². The van der Waals surface area contributed by atoms with Crippen LogP contribution in [0, 0.1) is 6.92 Å². The largest absolute Gasteiger partial charge is 0.271 e. The minimum Gasteiger partial charge on any atom is -0.271 e.